The van der Waals surface area contributed by atoms with E-state index in [0.717, 1.165) is 11.6 Å². The first kappa shape index (κ1) is 18.0. The smallest absolute Gasteiger partial charge is 0.375 e. The van der Waals surface area contributed by atoms with Crippen molar-refractivity contribution in [3.63, 3.8) is 0 Å². The van der Waals surface area contributed by atoms with Crippen LogP contribution in [0.25, 0.3) is 10.9 Å². The number of para-hydroxylation sites is 1. The molecule has 3 aromatic rings. The van der Waals surface area contributed by atoms with Gasteiger partial charge in [-0.05, 0) is 17.7 Å². The maximum Gasteiger partial charge on any atom is 0.534 e. The minimum Gasteiger partial charge on any atom is -0.375 e. The molecular weight excluding hydrogens is 371 g/mol. The average molecular weight is 383 g/mol. The molecule has 0 spiro atoms. The number of aromatic nitrogens is 1. The summed E-state index contributed by atoms with van der Waals surface area (Å²) in [6.45, 7) is 0.173. The maximum absolute atomic E-state index is 12.6. The summed E-state index contributed by atoms with van der Waals surface area (Å²) in [4.78, 5) is 12.4. The van der Waals surface area contributed by atoms with Crippen molar-refractivity contribution in [3.8, 4) is 5.75 Å². The second-order valence-corrected chi connectivity index (χ2v) is 6.96. The summed E-state index contributed by atoms with van der Waals surface area (Å²) in [7, 11) is -5.88. The zero-order chi connectivity index (χ0) is 18.9. The predicted molar refractivity (Wildman–Crippen MR) is 89.4 cm³/mol. The number of rotatable bonds is 4. The molecule has 0 atom stereocenters. The highest BCUT2D eigenvalue weighted by atomic mass is 32.2. The maximum atomic E-state index is 12.6. The van der Waals surface area contributed by atoms with E-state index in [1.54, 1.807) is 30.3 Å². The Morgan fingerprint density at radius 1 is 0.962 bits per heavy atom. The molecule has 0 aliphatic rings. The molecule has 136 valence electrons. The van der Waals surface area contributed by atoms with Crippen molar-refractivity contribution in [2.45, 2.75) is 12.1 Å². The molecule has 0 saturated carbocycles. The lowest BCUT2D eigenvalue weighted by Gasteiger charge is -2.15. The number of pyridine rings is 1. The summed E-state index contributed by atoms with van der Waals surface area (Å²) in [5.74, 6) is -0.660. The van der Waals surface area contributed by atoms with Gasteiger partial charge in [0.05, 0.1) is 12.1 Å². The van der Waals surface area contributed by atoms with E-state index in [0.29, 0.717) is 0 Å². The van der Waals surface area contributed by atoms with Gasteiger partial charge in [0, 0.05) is 11.5 Å². The van der Waals surface area contributed by atoms with Crippen LogP contribution in [0.2, 0.25) is 0 Å². The standard InChI is InChI=1S/C17H12F3NO4S/c18-17(19,20)26(23,24)25-15-10-16(22)21(11-12-6-2-1-3-7-12)14-9-5-4-8-13(14)15/h1-10H,11H2. The lowest BCUT2D eigenvalue weighted by Crippen LogP contribution is -2.29. The Kier molecular flexibility index (Phi) is 4.49. The minimum absolute atomic E-state index is 0.0795. The zero-order valence-corrected chi connectivity index (χ0v) is 13.9. The van der Waals surface area contributed by atoms with Crippen LogP contribution in [0.3, 0.4) is 0 Å². The first-order chi connectivity index (χ1) is 12.2. The van der Waals surface area contributed by atoms with Crippen LogP contribution < -0.4 is 9.74 Å². The first-order valence-electron chi connectivity index (χ1n) is 7.36. The summed E-state index contributed by atoms with van der Waals surface area (Å²) in [6.07, 6.45) is 0. The zero-order valence-electron chi connectivity index (χ0n) is 13.1. The van der Waals surface area contributed by atoms with E-state index < -0.39 is 26.9 Å². The van der Waals surface area contributed by atoms with Gasteiger partial charge < -0.3 is 8.75 Å². The van der Waals surface area contributed by atoms with Crippen LogP contribution in [0.15, 0.2) is 65.5 Å². The van der Waals surface area contributed by atoms with Crippen molar-refractivity contribution in [3.05, 3.63) is 76.6 Å². The van der Waals surface area contributed by atoms with E-state index in [1.165, 1.54) is 22.8 Å². The van der Waals surface area contributed by atoms with Gasteiger partial charge in [-0.3, -0.25) is 4.79 Å². The van der Waals surface area contributed by atoms with Gasteiger partial charge in [-0.25, -0.2) is 0 Å². The van der Waals surface area contributed by atoms with Gasteiger partial charge in [-0.15, -0.1) is 0 Å². The summed E-state index contributed by atoms with van der Waals surface area (Å²) in [6, 6.07) is 15.7. The van der Waals surface area contributed by atoms with Gasteiger partial charge >= 0.3 is 15.6 Å². The second kappa shape index (κ2) is 6.49. The Labute approximate surface area is 146 Å². The fraction of sp³-hybridized carbons (Fsp3) is 0.118. The molecule has 3 rings (SSSR count). The molecule has 0 N–H and O–H groups in total. The molecule has 0 amide bonds. The molecule has 0 radical (unpaired) electrons. The van der Waals surface area contributed by atoms with Crippen molar-refractivity contribution in [2.75, 3.05) is 0 Å². The van der Waals surface area contributed by atoms with E-state index in [1.807, 2.05) is 6.07 Å². The number of benzene rings is 2. The fourth-order valence-electron chi connectivity index (χ4n) is 2.47. The van der Waals surface area contributed by atoms with Crippen molar-refractivity contribution < 1.29 is 25.8 Å². The number of halogens is 3. The Morgan fingerprint density at radius 3 is 2.23 bits per heavy atom. The van der Waals surface area contributed by atoms with Crippen LogP contribution >= 0.6 is 0 Å². The number of alkyl halides is 3. The first-order valence-corrected chi connectivity index (χ1v) is 8.77. The quantitative estimate of drug-likeness (QED) is 0.512. The van der Waals surface area contributed by atoms with Gasteiger partial charge in [0.1, 0.15) is 0 Å². The van der Waals surface area contributed by atoms with Crippen LogP contribution in [-0.4, -0.2) is 18.5 Å². The molecule has 1 aromatic heterocycles. The molecular formula is C17H12F3NO4S. The van der Waals surface area contributed by atoms with Gasteiger partial charge in [0.25, 0.3) is 5.56 Å². The highest BCUT2D eigenvalue weighted by molar-refractivity contribution is 7.88. The second-order valence-electron chi connectivity index (χ2n) is 5.42. The molecule has 26 heavy (non-hydrogen) atoms. The third-order valence-corrected chi connectivity index (χ3v) is 4.61. The molecule has 9 heteroatoms. The summed E-state index contributed by atoms with van der Waals surface area (Å²) in [5, 5.41) is 0.0795. The van der Waals surface area contributed by atoms with Crippen LogP contribution in [0, 0.1) is 0 Å². The summed E-state index contributed by atoms with van der Waals surface area (Å²) < 4.78 is 65.9. The van der Waals surface area contributed by atoms with Gasteiger partial charge in [0.2, 0.25) is 0 Å². The van der Waals surface area contributed by atoms with Gasteiger partial charge in [0.15, 0.2) is 5.75 Å². The number of nitrogens with zero attached hydrogens (tertiary/aromatic N) is 1. The molecule has 1 heterocycles. The van der Waals surface area contributed by atoms with Crippen LogP contribution in [-0.2, 0) is 16.7 Å². The van der Waals surface area contributed by atoms with Crippen molar-refractivity contribution >= 4 is 21.0 Å². The highest BCUT2D eigenvalue weighted by Gasteiger charge is 2.48. The summed E-state index contributed by atoms with van der Waals surface area (Å²) >= 11 is 0. The molecule has 2 aromatic carbocycles. The van der Waals surface area contributed by atoms with E-state index in [9.17, 15) is 26.4 Å². The Hall–Kier alpha value is -2.81. The predicted octanol–water partition coefficient (Wildman–Crippen LogP) is 3.28. The van der Waals surface area contributed by atoms with E-state index in [2.05, 4.69) is 4.18 Å². The summed E-state index contributed by atoms with van der Waals surface area (Å²) in [5.41, 5.74) is -5.21. The van der Waals surface area contributed by atoms with Crippen LogP contribution in [0.4, 0.5) is 13.2 Å². The minimum atomic E-state index is -5.88. The topological polar surface area (TPSA) is 65.4 Å². The number of hydrogen-bond donors (Lipinski definition) is 0. The molecule has 0 unspecified atom stereocenters. The van der Waals surface area contributed by atoms with Crippen molar-refractivity contribution in [1.82, 2.24) is 4.57 Å². The Morgan fingerprint density at radius 2 is 1.58 bits per heavy atom. The van der Waals surface area contributed by atoms with Crippen LogP contribution in [0.5, 0.6) is 5.75 Å². The molecule has 0 aliphatic heterocycles. The normalized spacial score (nSPS) is 12.3. The third-order valence-electron chi connectivity index (χ3n) is 3.65. The van der Waals surface area contributed by atoms with E-state index in [4.69, 9.17) is 0 Å². The molecule has 0 saturated heterocycles. The van der Waals surface area contributed by atoms with Gasteiger partial charge in [-0.1, -0.05) is 42.5 Å². The Bertz CT molecular complexity index is 1110. The number of hydrogen-bond acceptors (Lipinski definition) is 4. The lowest BCUT2D eigenvalue weighted by atomic mass is 10.1. The van der Waals surface area contributed by atoms with E-state index >= 15 is 0 Å². The molecule has 0 fully saturated rings. The SMILES string of the molecule is O=c1cc(OS(=O)(=O)C(F)(F)F)c2ccccc2n1Cc1ccccc1. The fourth-order valence-corrected chi connectivity index (χ4v) is 2.94. The van der Waals surface area contributed by atoms with E-state index in [-0.39, 0.29) is 17.4 Å². The van der Waals surface area contributed by atoms with Crippen LogP contribution in [0.1, 0.15) is 5.56 Å². The van der Waals surface area contributed by atoms with Crippen molar-refractivity contribution in [2.24, 2.45) is 0 Å². The largest absolute Gasteiger partial charge is 0.534 e. The highest BCUT2D eigenvalue weighted by Crippen LogP contribution is 2.30. The lowest BCUT2D eigenvalue weighted by molar-refractivity contribution is -0.0499. The van der Waals surface area contributed by atoms with Crippen molar-refractivity contribution in [1.29, 1.82) is 0 Å². The molecule has 5 nitrogen and oxygen atoms in total. The average Bonchev–Trinajstić information content (AvgIpc) is 2.58. The van der Waals surface area contributed by atoms with Gasteiger partial charge in [-0.2, -0.15) is 21.6 Å². The monoisotopic (exact) mass is 383 g/mol. The third kappa shape index (κ3) is 3.43. The molecule has 0 aliphatic carbocycles. The Balaban J connectivity index is 2.15. The number of fused-ring (bicyclic) bond motifs is 1. The molecule has 0 bridgehead atoms.